The summed E-state index contributed by atoms with van der Waals surface area (Å²) in [4.78, 5) is 11.6. The number of urea groups is 1. The standard InChI is InChI=1S/C17H19BrN2O2/c18-15-8-4-5-9-16(15)22-13-12-20-17(21)19-11-10-14-6-2-1-3-7-14/h1-9H,10-13H2,(H2,19,20,21). The second-order valence-electron chi connectivity index (χ2n) is 4.70. The fourth-order valence-corrected chi connectivity index (χ4v) is 2.31. The summed E-state index contributed by atoms with van der Waals surface area (Å²) in [6, 6.07) is 17.5. The smallest absolute Gasteiger partial charge is 0.314 e. The van der Waals surface area contributed by atoms with Crippen LogP contribution >= 0.6 is 15.9 Å². The normalized spacial score (nSPS) is 10.0. The van der Waals surface area contributed by atoms with Crippen LogP contribution in [0.3, 0.4) is 0 Å². The lowest BCUT2D eigenvalue weighted by Gasteiger charge is -2.10. The Bertz CT molecular complexity index is 590. The Morgan fingerprint density at radius 3 is 2.41 bits per heavy atom. The number of nitrogens with one attached hydrogen (secondary N) is 2. The Hall–Kier alpha value is -2.01. The average molecular weight is 363 g/mol. The molecule has 0 saturated carbocycles. The molecule has 2 amide bonds. The Kier molecular flexibility index (Phi) is 6.77. The Morgan fingerprint density at radius 2 is 1.64 bits per heavy atom. The first-order valence-corrected chi connectivity index (χ1v) is 7.98. The minimum Gasteiger partial charge on any atom is -0.491 e. The zero-order chi connectivity index (χ0) is 15.6. The number of hydrogen-bond acceptors (Lipinski definition) is 2. The number of carbonyl (C=O) groups excluding carboxylic acids is 1. The molecule has 0 aromatic heterocycles. The molecule has 0 atom stereocenters. The van der Waals surface area contributed by atoms with Crippen LogP contribution < -0.4 is 15.4 Å². The van der Waals surface area contributed by atoms with Crippen molar-refractivity contribution < 1.29 is 9.53 Å². The summed E-state index contributed by atoms with van der Waals surface area (Å²) in [5.74, 6) is 0.772. The number of benzene rings is 2. The van der Waals surface area contributed by atoms with Gasteiger partial charge in [-0.2, -0.15) is 0 Å². The lowest BCUT2D eigenvalue weighted by Crippen LogP contribution is -2.38. The molecular weight excluding hydrogens is 344 g/mol. The van der Waals surface area contributed by atoms with Gasteiger partial charge in [0.25, 0.3) is 0 Å². The van der Waals surface area contributed by atoms with Gasteiger partial charge in [-0.05, 0) is 40.0 Å². The SMILES string of the molecule is O=C(NCCOc1ccccc1Br)NCCc1ccccc1. The van der Waals surface area contributed by atoms with E-state index in [1.165, 1.54) is 5.56 Å². The van der Waals surface area contributed by atoms with E-state index < -0.39 is 0 Å². The highest BCUT2D eigenvalue weighted by Crippen LogP contribution is 2.23. The van der Waals surface area contributed by atoms with E-state index in [1.54, 1.807) is 0 Å². The molecule has 0 radical (unpaired) electrons. The van der Waals surface area contributed by atoms with Crippen LogP contribution in [0.25, 0.3) is 0 Å². The van der Waals surface area contributed by atoms with Crippen molar-refractivity contribution in [3.63, 3.8) is 0 Å². The Balaban J connectivity index is 1.57. The van der Waals surface area contributed by atoms with Crippen LogP contribution in [0.4, 0.5) is 4.79 Å². The molecule has 0 spiro atoms. The molecule has 0 saturated heterocycles. The van der Waals surface area contributed by atoms with E-state index in [1.807, 2.05) is 54.6 Å². The molecule has 5 heteroatoms. The molecule has 0 unspecified atom stereocenters. The Labute approximate surface area is 139 Å². The molecular formula is C17H19BrN2O2. The average Bonchev–Trinajstić information content (AvgIpc) is 2.54. The predicted molar refractivity (Wildman–Crippen MR) is 91.2 cm³/mol. The minimum atomic E-state index is -0.174. The molecule has 2 aromatic rings. The van der Waals surface area contributed by atoms with Gasteiger partial charge in [-0.3, -0.25) is 0 Å². The van der Waals surface area contributed by atoms with Gasteiger partial charge in [0.05, 0.1) is 11.0 Å². The van der Waals surface area contributed by atoms with Crippen LogP contribution in [-0.4, -0.2) is 25.7 Å². The second kappa shape index (κ2) is 9.10. The quantitative estimate of drug-likeness (QED) is 0.741. The fraction of sp³-hybridized carbons (Fsp3) is 0.235. The predicted octanol–water partition coefficient (Wildman–Crippen LogP) is 3.37. The van der Waals surface area contributed by atoms with E-state index >= 15 is 0 Å². The van der Waals surface area contributed by atoms with Crippen molar-refractivity contribution in [2.75, 3.05) is 19.7 Å². The second-order valence-corrected chi connectivity index (χ2v) is 5.55. The molecule has 116 valence electrons. The maximum absolute atomic E-state index is 11.6. The van der Waals surface area contributed by atoms with Gasteiger partial charge in [0.2, 0.25) is 0 Å². The molecule has 0 fully saturated rings. The first-order chi connectivity index (χ1) is 10.8. The largest absolute Gasteiger partial charge is 0.491 e. The molecule has 0 aliphatic heterocycles. The molecule has 0 bridgehead atoms. The lowest BCUT2D eigenvalue weighted by atomic mass is 10.1. The molecule has 0 heterocycles. The van der Waals surface area contributed by atoms with Crippen LogP contribution in [0.5, 0.6) is 5.75 Å². The van der Waals surface area contributed by atoms with Gasteiger partial charge in [0.15, 0.2) is 0 Å². The van der Waals surface area contributed by atoms with Crippen LogP contribution in [0.2, 0.25) is 0 Å². The van der Waals surface area contributed by atoms with Crippen molar-refractivity contribution in [1.29, 1.82) is 0 Å². The molecule has 2 rings (SSSR count). The number of para-hydroxylation sites is 1. The molecule has 22 heavy (non-hydrogen) atoms. The third-order valence-electron chi connectivity index (χ3n) is 3.02. The van der Waals surface area contributed by atoms with Crippen LogP contribution in [0.15, 0.2) is 59.1 Å². The maximum atomic E-state index is 11.6. The van der Waals surface area contributed by atoms with E-state index in [-0.39, 0.29) is 6.03 Å². The van der Waals surface area contributed by atoms with Gasteiger partial charge in [-0.1, -0.05) is 42.5 Å². The van der Waals surface area contributed by atoms with Crippen molar-refractivity contribution in [2.45, 2.75) is 6.42 Å². The number of hydrogen-bond donors (Lipinski definition) is 2. The zero-order valence-corrected chi connectivity index (χ0v) is 13.8. The zero-order valence-electron chi connectivity index (χ0n) is 12.2. The molecule has 0 aliphatic rings. The topological polar surface area (TPSA) is 50.4 Å². The third-order valence-corrected chi connectivity index (χ3v) is 3.68. The van der Waals surface area contributed by atoms with Gasteiger partial charge in [0, 0.05) is 6.54 Å². The first-order valence-electron chi connectivity index (χ1n) is 7.18. The van der Waals surface area contributed by atoms with Gasteiger partial charge in [-0.25, -0.2) is 4.79 Å². The number of ether oxygens (including phenoxy) is 1. The van der Waals surface area contributed by atoms with Gasteiger partial charge < -0.3 is 15.4 Å². The lowest BCUT2D eigenvalue weighted by molar-refractivity contribution is 0.236. The highest BCUT2D eigenvalue weighted by molar-refractivity contribution is 9.10. The van der Waals surface area contributed by atoms with Crippen LogP contribution in [-0.2, 0) is 6.42 Å². The van der Waals surface area contributed by atoms with Crippen molar-refractivity contribution >= 4 is 22.0 Å². The van der Waals surface area contributed by atoms with Gasteiger partial charge >= 0.3 is 6.03 Å². The molecule has 2 N–H and O–H groups in total. The van der Waals surface area contributed by atoms with Crippen molar-refractivity contribution in [3.05, 3.63) is 64.6 Å². The number of amides is 2. The van der Waals surface area contributed by atoms with E-state index in [9.17, 15) is 4.79 Å². The van der Waals surface area contributed by atoms with Crippen molar-refractivity contribution in [2.24, 2.45) is 0 Å². The molecule has 0 aliphatic carbocycles. The summed E-state index contributed by atoms with van der Waals surface area (Å²) >= 11 is 3.41. The number of rotatable bonds is 7. The van der Waals surface area contributed by atoms with E-state index in [4.69, 9.17) is 4.74 Å². The summed E-state index contributed by atoms with van der Waals surface area (Å²) in [5.41, 5.74) is 1.21. The van der Waals surface area contributed by atoms with Crippen LogP contribution in [0.1, 0.15) is 5.56 Å². The molecule has 2 aromatic carbocycles. The minimum absolute atomic E-state index is 0.174. The summed E-state index contributed by atoms with van der Waals surface area (Å²) < 4.78 is 6.48. The number of carbonyl (C=O) groups is 1. The fourth-order valence-electron chi connectivity index (χ4n) is 1.91. The third kappa shape index (κ3) is 5.77. The van der Waals surface area contributed by atoms with Gasteiger partial charge in [-0.15, -0.1) is 0 Å². The van der Waals surface area contributed by atoms with Crippen LogP contribution in [0, 0.1) is 0 Å². The first kappa shape index (κ1) is 16.4. The van der Waals surface area contributed by atoms with E-state index in [2.05, 4.69) is 26.6 Å². The monoisotopic (exact) mass is 362 g/mol. The summed E-state index contributed by atoms with van der Waals surface area (Å²) in [6.45, 7) is 1.49. The van der Waals surface area contributed by atoms with Crippen molar-refractivity contribution in [1.82, 2.24) is 10.6 Å². The number of halogens is 1. The molecule has 4 nitrogen and oxygen atoms in total. The summed E-state index contributed by atoms with van der Waals surface area (Å²) in [6.07, 6.45) is 0.821. The van der Waals surface area contributed by atoms with Crippen molar-refractivity contribution in [3.8, 4) is 5.75 Å². The van der Waals surface area contributed by atoms with E-state index in [0.29, 0.717) is 19.7 Å². The van der Waals surface area contributed by atoms with E-state index in [0.717, 1.165) is 16.6 Å². The maximum Gasteiger partial charge on any atom is 0.314 e. The summed E-state index contributed by atoms with van der Waals surface area (Å²) in [5, 5.41) is 5.59. The van der Waals surface area contributed by atoms with Gasteiger partial charge in [0.1, 0.15) is 12.4 Å². The summed E-state index contributed by atoms with van der Waals surface area (Å²) in [7, 11) is 0. The highest BCUT2D eigenvalue weighted by atomic mass is 79.9. The Morgan fingerprint density at radius 1 is 0.955 bits per heavy atom. The highest BCUT2D eigenvalue weighted by Gasteiger charge is 2.01.